The fraction of sp³-hybridized carbons (Fsp3) is 0.333. The van der Waals surface area contributed by atoms with Crippen molar-refractivity contribution < 1.29 is 4.52 Å². The van der Waals surface area contributed by atoms with Crippen molar-refractivity contribution in [2.24, 2.45) is 0 Å². The lowest BCUT2D eigenvalue weighted by Crippen LogP contribution is -2.00. The smallest absolute Gasteiger partial charge is 0.239 e. The number of nitrogens with two attached hydrogens (primary N) is 2. The highest BCUT2D eigenvalue weighted by atomic mass is 32.2. The van der Waals surface area contributed by atoms with Crippen molar-refractivity contribution in [3.63, 3.8) is 0 Å². The van der Waals surface area contributed by atoms with Gasteiger partial charge < -0.3 is 16.0 Å². The van der Waals surface area contributed by atoms with Gasteiger partial charge in [0.05, 0.1) is 5.25 Å². The third kappa shape index (κ3) is 2.84. The Hall–Kier alpha value is -1.83. The summed E-state index contributed by atoms with van der Waals surface area (Å²) in [7, 11) is 0. The molecule has 0 fully saturated rings. The monoisotopic (exact) mass is 252 g/mol. The standard InChI is InChI=1S/C9H12N6OS/c1-4(8-12-5(2)15-16-8)17-9-13-6(10)3-7(11)14-9/h3-4H,1-2H3,(H4,10,11,13,14). The van der Waals surface area contributed by atoms with Gasteiger partial charge in [0.1, 0.15) is 11.6 Å². The highest BCUT2D eigenvalue weighted by Gasteiger charge is 2.16. The molecule has 0 aromatic carbocycles. The molecule has 0 saturated carbocycles. The summed E-state index contributed by atoms with van der Waals surface area (Å²) in [5, 5.41) is 4.16. The van der Waals surface area contributed by atoms with E-state index in [9.17, 15) is 0 Å². The number of thioether (sulfide) groups is 1. The van der Waals surface area contributed by atoms with Crippen molar-refractivity contribution in [3.05, 3.63) is 17.8 Å². The first kappa shape index (κ1) is 11.6. The van der Waals surface area contributed by atoms with E-state index in [4.69, 9.17) is 16.0 Å². The number of nitrogen functional groups attached to an aromatic ring is 2. The molecule has 0 aliphatic carbocycles. The molecule has 17 heavy (non-hydrogen) atoms. The van der Waals surface area contributed by atoms with Crippen molar-refractivity contribution in [3.8, 4) is 0 Å². The molecule has 1 unspecified atom stereocenters. The zero-order valence-corrected chi connectivity index (χ0v) is 10.2. The maximum absolute atomic E-state index is 5.58. The fourth-order valence-electron chi connectivity index (χ4n) is 1.20. The first-order valence-corrected chi connectivity index (χ1v) is 5.79. The topological polar surface area (TPSA) is 117 Å². The predicted molar refractivity (Wildman–Crippen MR) is 64.2 cm³/mol. The fourth-order valence-corrected chi connectivity index (χ4v) is 2.03. The van der Waals surface area contributed by atoms with Crippen LogP contribution in [-0.4, -0.2) is 20.1 Å². The van der Waals surface area contributed by atoms with Gasteiger partial charge in [-0.05, 0) is 13.8 Å². The van der Waals surface area contributed by atoms with Crippen LogP contribution in [-0.2, 0) is 0 Å². The molecule has 2 aromatic heterocycles. The summed E-state index contributed by atoms with van der Waals surface area (Å²) in [6.07, 6.45) is 0. The quantitative estimate of drug-likeness (QED) is 0.617. The maximum Gasteiger partial charge on any atom is 0.239 e. The lowest BCUT2D eigenvalue weighted by atomic mass is 10.5. The average Bonchev–Trinajstić information content (AvgIpc) is 2.63. The second-order valence-corrected chi connectivity index (χ2v) is 4.75. The van der Waals surface area contributed by atoms with Crippen LogP contribution in [0.1, 0.15) is 23.9 Å². The Balaban J connectivity index is 2.15. The molecule has 2 aromatic rings. The second-order valence-electron chi connectivity index (χ2n) is 3.44. The Bertz CT molecular complexity index is 508. The van der Waals surface area contributed by atoms with Gasteiger partial charge in [0.2, 0.25) is 5.89 Å². The van der Waals surface area contributed by atoms with Crippen LogP contribution < -0.4 is 11.5 Å². The minimum Gasteiger partial charge on any atom is -0.383 e. The highest BCUT2D eigenvalue weighted by Crippen LogP contribution is 2.32. The number of rotatable bonds is 3. The van der Waals surface area contributed by atoms with E-state index in [1.54, 1.807) is 6.92 Å². The summed E-state index contributed by atoms with van der Waals surface area (Å²) in [5.74, 6) is 1.81. The molecule has 90 valence electrons. The normalized spacial score (nSPS) is 12.6. The molecule has 2 heterocycles. The summed E-state index contributed by atoms with van der Waals surface area (Å²) in [4.78, 5) is 12.3. The minimum atomic E-state index is -0.0580. The number of nitrogens with zero attached hydrogens (tertiary/aromatic N) is 4. The Morgan fingerprint density at radius 1 is 1.24 bits per heavy atom. The Morgan fingerprint density at radius 3 is 2.41 bits per heavy atom. The van der Waals surface area contributed by atoms with Crippen LogP contribution in [0.3, 0.4) is 0 Å². The molecule has 2 rings (SSSR count). The highest BCUT2D eigenvalue weighted by molar-refractivity contribution is 7.99. The van der Waals surface area contributed by atoms with E-state index < -0.39 is 0 Å². The van der Waals surface area contributed by atoms with Crippen LogP contribution in [0.25, 0.3) is 0 Å². The molecule has 0 aliphatic heterocycles. The van der Waals surface area contributed by atoms with Gasteiger partial charge in [-0.3, -0.25) is 0 Å². The molecular weight excluding hydrogens is 240 g/mol. The number of hydrogen-bond acceptors (Lipinski definition) is 8. The zero-order chi connectivity index (χ0) is 12.4. The zero-order valence-electron chi connectivity index (χ0n) is 9.41. The summed E-state index contributed by atoms with van der Waals surface area (Å²) in [5.41, 5.74) is 11.2. The number of hydrogen-bond donors (Lipinski definition) is 2. The molecule has 0 aliphatic rings. The van der Waals surface area contributed by atoms with E-state index in [-0.39, 0.29) is 5.25 Å². The molecule has 0 saturated heterocycles. The van der Waals surface area contributed by atoms with E-state index in [0.717, 1.165) is 0 Å². The molecular formula is C9H12N6OS. The van der Waals surface area contributed by atoms with Crippen molar-refractivity contribution >= 4 is 23.4 Å². The SMILES string of the molecule is Cc1noc(C(C)Sc2nc(N)cc(N)n2)n1. The Labute approximate surface area is 102 Å². The van der Waals surface area contributed by atoms with Gasteiger partial charge in [0.25, 0.3) is 0 Å². The largest absolute Gasteiger partial charge is 0.383 e. The van der Waals surface area contributed by atoms with Gasteiger partial charge in [0, 0.05) is 6.07 Å². The van der Waals surface area contributed by atoms with Crippen molar-refractivity contribution in [1.29, 1.82) is 0 Å². The number of anilines is 2. The van der Waals surface area contributed by atoms with E-state index in [0.29, 0.717) is 28.5 Å². The van der Waals surface area contributed by atoms with Crippen molar-refractivity contribution in [1.82, 2.24) is 20.1 Å². The first-order valence-electron chi connectivity index (χ1n) is 4.91. The Morgan fingerprint density at radius 2 is 1.88 bits per heavy atom. The van der Waals surface area contributed by atoms with Crippen LogP contribution in [0.5, 0.6) is 0 Å². The number of aryl methyl sites for hydroxylation is 1. The van der Waals surface area contributed by atoms with Crippen molar-refractivity contribution in [2.45, 2.75) is 24.3 Å². The number of aromatic nitrogens is 4. The van der Waals surface area contributed by atoms with Gasteiger partial charge in [-0.1, -0.05) is 16.9 Å². The second kappa shape index (κ2) is 4.58. The van der Waals surface area contributed by atoms with Crippen LogP contribution in [0, 0.1) is 6.92 Å². The summed E-state index contributed by atoms with van der Waals surface area (Å²) >= 11 is 1.36. The van der Waals surface area contributed by atoms with Crippen LogP contribution in [0.2, 0.25) is 0 Å². The molecule has 1 atom stereocenters. The summed E-state index contributed by atoms with van der Waals surface area (Å²) in [6, 6.07) is 1.51. The van der Waals surface area contributed by atoms with Gasteiger partial charge in [-0.15, -0.1) is 0 Å². The minimum absolute atomic E-state index is 0.0580. The maximum atomic E-state index is 5.58. The molecule has 8 heteroatoms. The molecule has 7 nitrogen and oxygen atoms in total. The molecule has 0 radical (unpaired) electrons. The van der Waals surface area contributed by atoms with Crippen LogP contribution >= 0.6 is 11.8 Å². The van der Waals surface area contributed by atoms with E-state index in [1.165, 1.54) is 17.8 Å². The van der Waals surface area contributed by atoms with Gasteiger partial charge in [0.15, 0.2) is 11.0 Å². The van der Waals surface area contributed by atoms with E-state index in [1.807, 2.05) is 6.92 Å². The first-order chi connectivity index (χ1) is 8.04. The van der Waals surface area contributed by atoms with E-state index >= 15 is 0 Å². The average molecular weight is 252 g/mol. The molecule has 0 spiro atoms. The van der Waals surface area contributed by atoms with Gasteiger partial charge in [-0.2, -0.15) is 4.98 Å². The molecule has 0 bridgehead atoms. The third-order valence-corrected chi connectivity index (χ3v) is 2.87. The lowest BCUT2D eigenvalue weighted by Gasteiger charge is -2.05. The van der Waals surface area contributed by atoms with Crippen LogP contribution in [0.15, 0.2) is 15.7 Å². The third-order valence-electron chi connectivity index (χ3n) is 1.92. The Kier molecular flexibility index (Phi) is 3.14. The van der Waals surface area contributed by atoms with Gasteiger partial charge in [-0.25, -0.2) is 9.97 Å². The predicted octanol–water partition coefficient (Wildman–Crippen LogP) is 1.19. The molecule has 0 amide bonds. The molecule has 4 N–H and O–H groups in total. The van der Waals surface area contributed by atoms with E-state index in [2.05, 4.69) is 20.1 Å². The van der Waals surface area contributed by atoms with Crippen molar-refractivity contribution in [2.75, 3.05) is 11.5 Å². The van der Waals surface area contributed by atoms with Crippen LogP contribution in [0.4, 0.5) is 11.6 Å². The van der Waals surface area contributed by atoms with Gasteiger partial charge >= 0.3 is 0 Å². The summed E-state index contributed by atoms with van der Waals surface area (Å²) in [6.45, 7) is 3.68. The lowest BCUT2D eigenvalue weighted by molar-refractivity contribution is 0.376. The summed E-state index contributed by atoms with van der Waals surface area (Å²) < 4.78 is 5.06.